The SMILES string of the molecule is Cc1nc(-c2ccc(Cl)cc2Cl)nc(NCCCc2ccc(C#N)cn2)c1C. The molecule has 0 amide bonds. The zero-order valence-electron chi connectivity index (χ0n) is 15.6. The number of halogens is 2. The van der Waals surface area contributed by atoms with E-state index < -0.39 is 0 Å². The molecule has 0 aliphatic heterocycles. The molecule has 3 rings (SSSR count). The van der Waals surface area contributed by atoms with Crippen LogP contribution in [0.3, 0.4) is 0 Å². The van der Waals surface area contributed by atoms with E-state index in [1.165, 1.54) is 0 Å². The molecule has 2 aromatic heterocycles. The molecule has 1 N–H and O–H groups in total. The molecule has 0 unspecified atom stereocenters. The first kappa shape index (κ1) is 20.1. The summed E-state index contributed by atoms with van der Waals surface area (Å²) in [6, 6.07) is 11.0. The smallest absolute Gasteiger partial charge is 0.163 e. The van der Waals surface area contributed by atoms with E-state index >= 15 is 0 Å². The van der Waals surface area contributed by atoms with Gasteiger partial charge >= 0.3 is 0 Å². The molecule has 0 radical (unpaired) electrons. The lowest BCUT2D eigenvalue weighted by Crippen LogP contribution is -2.09. The highest BCUT2D eigenvalue weighted by Crippen LogP contribution is 2.30. The first-order valence-corrected chi connectivity index (χ1v) is 9.63. The van der Waals surface area contributed by atoms with Gasteiger partial charge in [0.15, 0.2) is 5.82 Å². The zero-order chi connectivity index (χ0) is 20.1. The molecule has 0 aliphatic rings. The lowest BCUT2D eigenvalue weighted by Gasteiger charge is -2.13. The van der Waals surface area contributed by atoms with E-state index in [0.717, 1.165) is 47.7 Å². The molecular weight excluding hydrogens is 393 g/mol. The van der Waals surface area contributed by atoms with Gasteiger partial charge in [-0.3, -0.25) is 4.98 Å². The van der Waals surface area contributed by atoms with Gasteiger partial charge in [0.2, 0.25) is 0 Å². The third-order valence-corrected chi connectivity index (χ3v) is 4.97. The van der Waals surface area contributed by atoms with Crippen molar-refractivity contribution in [2.24, 2.45) is 0 Å². The van der Waals surface area contributed by atoms with E-state index in [1.807, 2.05) is 26.0 Å². The molecule has 1 aromatic carbocycles. The fourth-order valence-corrected chi connectivity index (χ4v) is 3.20. The summed E-state index contributed by atoms with van der Waals surface area (Å²) in [5.41, 5.74) is 4.18. The second kappa shape index (κ2) is 9.01. The summed E-state index contributed by atoms with van der Waals surface area (Å²) in [5.74, 6) is 1.36. The number of aryl methyl sites for hydroxylation is 2. The standard InChI is InChI=1S/C21H19Cl2N5/c1-13-14(2)27-21(18-8-6-16(22)10-19(18)23)28-20(13)25-9-3-4-17-7-5-15(11-24)12-26-17/h5-8,10,12H,3-4,9H2,1-2H3,(H,25,27,28). The Labute approximate surface area is 174 Å². The number of nitrogens with zero attached hydrogens (tertiary/aromatic N) is 4. The molecular formula is C21H19Cl2N5. The van der Waals surface area contributed by atoms with Crippen LogP contribution >= 0.6 is 23.2 Å². The minimum Gasteiger partial charge on any atom is -0.370 e. The summed E-state index contributed by atoms with van der Waals surface area (Å²) in [6.07, 6.45) is 3.30. The first-order valence-electron chi connectivity index (χ1n) is 8.87. The van der Waals surface area contributed by atoms with Gasteiger partial charge in [-0.25, -0.2) is 9.97 Å². The summed E-state index contributed by atoms with van der Waals surface area (Å²) in [7, 11) is 0. The van der Waals surface area contributed by atoms with Crippen molar-refractivity contribution in [3.8, 4) is 17.5 Å². The Balaban J connectivity index is 1.69. The van der Waals surface area contributed by atoms with Gasteiger partial charge in [-0.2, -0.15) is 5.26 Å². The van der Waals surface area contributed by atoms with Crippen LogP contribution in [0.1, 0.15) is 28.9 Å². The van der Waals surface area contributed by atoms with Crippen LogP contribution in [0.25, 0.3) is 11.4 Å². The van der Waals surface area contributed by atoms with Gasteiger partial charge in [-0.15, -0.1) is 0 Å². The highest BCUT2D eigenvalue weighted by atomic mass is 35.5. The Bertz CT molecular complexity index is 1030. The summed E-state index contributed by atoms with van der Waals surface area (Å²) in [6.45, 7) is 4.69. The van der Waals surface area contributed by atoms with Gasteiger partial charge in [0, 0.05) is 40.3 Å². The summed E-state index contributed by atoms with van der Waals surface area (Å²) in [5, 5.41) is 13.3. The summed E-state index contributed by atoms with van der Waals surface area (Å²) < 4.78 is 0. The molecule has 142 valence electrons. The van der Waals surface area contributed by atoms with Crippen LogP contribution in [0.5, 0.6) is 0 Å². The third kappa shape index (κ3) is 4.78. The summed E-state index contributed by atoms with van der Waals surface area (Å²) >= 11 is 12.3. The van der Waals surface area contributed by atoms with Gasteiger partial charge in [-0.05, 0) is 57.0 Å². The van der Waals surface area contributed by atoms with Crippen molar-refractivity contribution in [2.75, 3.05) is 11.9 Å². The van der Waals surface area contributed by atoms with Gasteiger partial charge in [0.05, 0.1) is 10.6 Å². The van der Waals surface area contributed by atoms with Crippen LogP contribution in [0.2, 0.25) is 10.0 Å². The second-order valence-electron chi connectivity index (χ2n) is 6.41. The molecule has 3 aromatic rings. The van der Waals surface area contributed by atoms with Gasteiger partial charge in [0.1, 0.15) is 11.9 Å². The number of hydrogen-bond acceptors (Lipinski definition) is 5. The predicted octanol–water partition coefficient (Wildman–Crippen LogP) is 5.38. The molecule has 0 atom stereocenters. The molecule has 5 nitrogen and oxygen atoms in total. The van der Waals surface area contributed by atoms with Crippen LogP contribution in [0.4, 0.5) is 5.82 Å². The van der Waals surface area contributed by atoms with Crippen LogP contribution in [0, 0.1) is 25.2 Å². The van der Waals surface area contributed by atoms with E-state index in [2.05, 4.69) is 26.3 Å². The highest BCUT2D eigenvalue weighted by molar-refractivity contribution is 6.36. The Morgan fingerprint density at radius 2 is 1.93 bits per heavy atom. The maximum absolute atomic E-state index is 8.83. The van der Waals surface area contributed by atoms with Gasteiger partial charge in [-0.1, -0.05) is 23.2 Å². The Hall–Kier alpha value is -2.68. The van der Waals surface area contributed by atoms with E-state index in [0.29, 0.717) is 21.4 Å². The number of aromatic nitrogens is 3. The Morgan fingerprint density at radius 1 is 1.11 bits per heavy atom. The Morgan fingerprint density at radius 3 is 2.61 bits per heavy atom. The van der Waals surface area contributed by atoms with Crippen molar-refractivity contribution in [1.82, 2.24) is 15.0 Å². The number of nitrogens with one attached hydrogen (secondary N) is 1. The maximum atomic E-state index is 8.83. The van der Waals surface area contributed by atoms with Crippen LogP contribution in [-0.2, 0) is 6.42 Å². The number of rotatable bonds is 6. The Kier molecular flexibility index (Phi) is 6.45. The normalized spacial score (nSPS) is 10.5. The monoisotopic (exact) mass is 411 g/mol. The molecule has 0 aliphatic carbocycles. The van der Waals surface area contributed by atoms with Crippen LogP contribution in [0.15, 0.2) is 36.5 Å². The number of nitriles is 1. The molecule has 0 fully saturated rings. The first-order chi connectivity index (χ1) is 13.5. The number of benzene rings is 1. The quantitative estimate of drug-likeness (QED) is 0.551. The van der Waals surface area contributed by atoms with Gasteiger partial charge in [0.25, 0.3) is 0 Å². The van der Waals surface area contributed by atoms with E-state index in [-0.39, 0.29) is 0 Å². The molecule has 2 heterocycles. The molecule has 7 heteroatoms. The fraction of sp³-hybridized carbons (Fsp3) is 0.238. The second-order valence-corrected chi connectivity index (χ2v) is 7.25. The average molecular weight is 412 g/mol. The van der Waals surface area contributed by atoms with E-state index in [4.69, 9.17) is 28.5 Å². The summed E-state index contributed by atoms with van der Waals surface area (Å²) in [4.78, 5) is 13.5. The zero-order valence-corrected chi connectivity index (χ0v) is 17.1. The van der Waals surface area contributed by atoms with E-state index in [9.17, 15) is 0 Å². The van der Waals surface area contributed by atoms with Crippen molar-refractivity contribution >= 4 is 29.0 Å². The molecule has 28 heavy (non-hydrogen) atoms. The maximum Gasteiger partial charge on any atom is 0.163 e. The van der Waals surface area contributed by atoms with Crippen molar-refractivity contribution in [3.63, 3.8) is 0 Å². The van der Waals surface area contributed by atoms with Crippen molar-refractivity contribution in [2.45, 2.75) is 26.7 Å². The fourth-order valence-electron chi connectivity index (χ4n) is 2.71. The average Bonchev–Trinajstić information content (AvgIpc) is 2.68. The minimum atomic E-state index is 0.522. The van der Waals surface area contributed by atoms with E-state index in [1.54, 1.807) is 24.4 Å². The molecule has 0 bridgehead atoms. The van der Waals surface area contributed by atoms with Crippen molar-refractivity contribution < 1.29 is 0 Å². The molecule has 0 saturated heterocycles. The molecule has 0 spiro atoms. The topological polar surface area (TPSA) is 74.5 Å². The number of pyridine rings is 1. The number of hydrogen-bond donors (Lipinski definition) is 1. The predicted molar refractivity (Wildman–Crippen MR) is 113 cm³/mol. The van der Waals surface area contributed by atoms with Crippen molar-refractivity contribution in [1.29, 1.82) is 5.26 Å². The highest BCUT2D eigenvalue weighted by Gasteiger charge is 2.12. The van der Waals surface area contributed by atoms with Crippen LogP contribution < -0.4 is 5.32 Å². The van der Waals surface area contributed by atoms with Crippen molar-refractivity contribution in [3.05, 3.63) is 69.1 Å². The van der Waals surface area contributed by atoms with Gasteiger partial charge < -0.3 is 5.32 Å². The lowest BCUT2D eigenvalue weighted by molar-refractivity contribution is 0.830. The number of anilines is 1. The lowest BCUT2D eigenvalue weighted by atomic mass is 10.1. The molecule has 0 saturated carbocycles. The van der Waals surface area contributed by atoms with Crippen LogP contribution in [-0.4, -0.2) is 21.5 Å². The largest absolute Gasteiger partial charge is 0.370 e. The third-order valence-electron chi connectivity index (χ3n) is 4.42. The minimum absolute atomic E-state index is 0.522.